The van der Waals surface area contributed by atoms with Crippen LogP contribution in [0.15, 0.2) is 48.5 Å². The Hall–Kier alpha value is -1.16. The summed E-state index contributed by atoms with van der Waals surface area (Å²) in [7, 11) is 0. The van der Waals surface area contributed by atoms with Crippen molar-refractivity contribution in [3.05, 3.63) is 69.7 Å². The number of amides is 1. The maximum atomic E-state index is 12.1. The van der Waals surface area contributed by atoms with Gasteiger partial charge in [-0.1, -0.05) is 66.5 Å². The topological polar surface area (TPSA) is 29.1 Å². The van der Waals surface area contributed by atoms with Gasteiger partial charge in [0, 0.05) is 5.75 Å². The third-order valence-electron chi connectivity index (χ3n) is 3.43. The van der Waals surface area contributed by atoms with Gasteiger partial charge in [-0.25, -0.2) is 0 Å². The van der Waals surface area contributed by atoms with E-state index in [1.807, 2.05) is 42.5 Å². The van der Waals surface area contributed by atoms with Gasteiger partial charge in [0.15, 0.2) is 0 Å². The molecule has 2 rings (SSSR count). The first-order valence-electron chi connectivity index (χ1n) is 7.46. The molecule has 0 radical (unpaired) electrons. The van der Waals surface area contributed by atoms with Crippen molar-refractivity contribution in [2.45, 2.75) is 25.1 Å². The lowest BCUT2D eigenvalue weighted by Crippen LogP contribution is -2.29. The van der Waals surface area contributed by atoms with Crippen LogP contribution >= 0.6 is 35.0 Å². The molecule has 0 aromatic heterocycles. The number of rotatable bonds is 7. The minimum Gasteiger partial charge on any atom is -0.349 e. The van der Waals surface area contributed by atoms with Gasteiger partial charge in [0.05, 0.1) is 21.8 Å². The highest BCUT2D eigenvalue weighted by molar-refractivity contribution is 7.99. The molecule has 1 amide bonds. The Balaban J connectivity index is 1.81. The maximum absolute atomic E-state index is 12.1. The predicted molar refractivity (Wildman–Crippen MR) is 100 cm³/mol. The van der Waals surface area contributed by atoms with Crippen molar-refractivity contribution in [1.82, 2.24) is 5.32 Å². The Morgan fingerprint density at radius 3 is 2.52 bits per heavy atom. The fourth-order valence-corrected chi connectivity index (χ4v) is 3.34. The molecule has 1 unspecified atom stereocenters. The molecule has 0 saturated heterocycles. The molecule has 0 fully saturated rings. The summed E-state index contributed by atoms with van der Waals surface area (Å²) in [5, 5.41) is 4.18. The van der Waals surface area contributed by atoms with Crippen LogP contribution in [0.2, 0.25) is 10.0 Å². The quantitative estimate of drug-likeness (QED) is 0.700. The SMILES string of the molecule is CCC(NC(=O)CSCc1ccc(Cl)c(Cl)c1)c1ccccc1. The zero-order valence-electron chi connectivity index (χ0n) is 12.9. The lowest BCUT2D eigenvalue weighted by molar-refractivity contribution is -0.119. The maximum Gasteiger partial charge on any atom is 0.230 e. The first kappa shape index (κ1) is 18.2. The Kier molecular flexibility index (Phi) is 7.28. The van der Waals surface area contributed by atoms with Gasteiger partial charge in [0.2, 0.25) is 5.91 Å². The van der Waals surface area contributed by atoms with E-state index in [0.717, 1.165) is 23.3 Å². The molecule has 0 spiro atoms. The normalized spacial score (nSPS) is 12.0. The highest BCUT2D eigenvalue weighted by Crippen LogP contribution is 2.24. The fourth-order valence-electron chi connectivity index (χ4n) is 2.23. The van der Waals surface area contributed by atoms with Crippen LogP contribution in [-0.4, -0.2) is 11.7 Å². The summed E-state index contributed by atoms with van der Waals surface area (Å²) < 4.78 is 0. The van der Waals surface area contributed by atoms with Gasteiger partial charge in [0.25, 0.3) is 0 Å². The standard InChI is InChI=1S/C18H19Cl2NOS/c1-2-17(14-6-4-3-5-7-14)21-18(22)12-23-11-13-8-9-15(19)16(20)10-13/h3-10,17H,2,11-12H2,1H3,(H,21,22). The average molecular weight is 368 g/mol. The van der Waals surface area contributed by atoms with Gasteiger partial charge in [0.1, 0.15) is 0 Å². The summed E-state index contributed by atoms with van der Waals surface area (Å²) in [6.45, 7) is 2.07. The van der Waals surface area contributed by atoms with E-state index >= 15 is 0 Å². The Morgan fingerprint density at radius 1 is 1.13 bits per heavy atom. The summed E-state index contributed by atoms with van der Waals surface area (Å²) in [4.78, 5) is 12.1. The van der Waals surface area contributed by atoms with E-state index < -0.39 is 0 Å². The lowest BCUT2D eigenvalue weighted by atomic mass is 10.0. The van der Waals surface area contributed by atoms with Crippen LogP contribution in [0.5, 0.6) is 0 Å². The van der Waals surface area contributed by atoms with Crippen LogP contribution in [0.4, 0.5) is 0 Å². The van der Waals surface area contributed by atoms with Crippen LogP contribution in [0.3, 0.4) is 0 Å². The summed E-state index contributed by atoms with van der Waals surface area (Å²) in [6, 6.07) is 15.6. The number of thioether (sulfide) groups is 1. The first-order valence-corrected chi connectivity index (χ1v) is 9.37. The fraction of sp³-hybridized carbons (Fsp3) is 0.278. The van der Waals surface area contributed by atoms with Gasteiger partial charge >= 0.3 is 0 Å². The van der Waals surface area contributed by atoms with Gasteiger partial charge in [-0.2, -0.15) is 0 Å². The molecule has 2 aromatic carbocycles. The molecular formula is C18H19Cl2NOS. The largest absolute Gasteiger partial charge is 0.349 e. The molecule has 0 bridgehead atoms. The molecule has 1 N–H and O–H groups in total. The second-order valence-electron chi connectivity index (χ2n) is 5.18. The second kappa shape index (κ2) is 9.21. The predicted octanol–water partition coefficient (Wildman–Crippen LogP) is 5.49. The molecule has 122 valence electrons. The zero-order chi connectivity index (χ0) is 16.7. The van der Waals surface area contributed by atoms with Crippen molar-refractivity contribution in [3.8, 4) is 0 Å². The molecule has 2 aromatic rings. The van der Waals surface area contributed by atoms with Crippen molar-refractivity contribution >= 4 is 40.9 Å². The smallest absolute Gasteiger partial charge is 0.230 e. The van der Waals surface area contributed by atoms with Crippen LogP contribution in [0.25, 0.3) is 0 Å². The highest BCUT2D eigenvalue weighted by atomic mass is 35.5. The number of halogens is 2. The molecule has 5 heteroatoms. The molecule has 23 heavy (non-hydrogen) atoms. The number of benzene rings is 2. The van der Waals surface area contributed by atoms with E-state index in [2.05, 4.69) is 12.2 Å². The van der Waals surface area contributed by atoms with E-state index in [-0.39, 0.29) is 11.9 Å². The van der Waals surface area contributed by atoms with E-state index in [4.69, 9.17) is 23.2 Å². The Labute approximate surface area is 151 Å². The Bertz CT molecular complexity index is 649. The third kappa shape index (κ3) is 5.76. The first-order chi connectivity index (χ1) is 11.1. The van der Waals surface area contributed by atoms with E-state index in [9.17, 15) is 4.79 Å². The number of carbonyl (C=O) groups is 1. The van der Waals surface area contributed by atoms with Crippen molar-refractivity contribution in [2.75, 3.05) is 5.75 Å². The van der Waals surface area contributed by atoms with Crippen molar-refractivity contribution in [2.24, 2.45) is 0 Å². The van der Waals surface area contributed by atoms with Crippen LogP contribution in [0.1, 0.15) is 30.5 Å². The lowest BCUT2D eigenvalue weighted by Gasteiger charge is -2.17. The van der Waals surface area contributed by atoms with Gasteiger partial charge in [-0.15, -0.1) is 11.8 Å². The van der Waals surface area contributed by atoms with Crippen LogP contribution < -0.4 is 5.32 Å². The van der Waals surface area contributed by atoms with Crippen molar-refractivity contribution in [1.29, 1.82) is 0 Å². The van der Waals surface area contributed by atoms with Crippen LogP contribution in [-0.2, 0) is 10.5 Å². The highest BCUT2D eigenvalue weighted by Gasteiger charge is 2.12. The number of carbonyl (C=O) groups excluding carboxylic acids is 1. The van der Waals surface area contributed by atoms with Crippen LogP contribution in [0, 0.1) is 0 Å². The molecule has 0 aliphatic heterocycles. The minimum absolute atomic E-state index is 0.0470. The monoisotopic (exact) mass is 367 g/mol. The van der Waals surface area contributed by atoms with E-state index in [1.54, 1.807) is 17.8 Å². The Morgan fingerprint density at radius 2 is 1.87 bits per heavy atom. The van der Waals surface area contributed by atoms with Gasteiger partial charge in [-0.3, -0.25) is 4.79 Å². The number of nitrogens with one attached hydrogen (secondary N) is 1. The average Bonchev–Trinajstić information content (AvgIpc) is 2.56. The number of hydrogen-bond donors (Lipinski definition) is 1. The zero-order valence-corrected chi connectivity index (χ0v) is 15.2. The van der Waals surface area contributed by atoms with Gasteiger partial charge < -0.3 is 5.32 Å². The van der Waals surface area contributed by atoms with E-state index in [1.165, 1.54) is 0 Å². The summed E-state index contributed by atoms with van der Waals surface area (Å²) >= 11 is 13.4. The molecule has 0 aliphatic carbocycles. The molecule has 0 heterocycles. The summed E-state index contributed by atoms with van der Waals surface area (Å²) in [5.74, 6) is 1.20. The van der Waals surface area contributed by atoms with Gasteiger partial charge in [-0.05, 0) is 29.7 Å². The molecule has 2 nitrogen and oxygen atoms in total. The second-order valence-corrected chi connectivity index (χ2v) is 6.98. The molecule has 1 atom stereocenters. The molecular weight excluding hydrogens is 349 g/mol. The molecule has 0 saturated carbocycles. The van der Waals surface area contributed by atoms with E-state index in [0.29, 0.717) is 15.8 Å². The minimum atomic E-state index is 0.0470. The summed E-state index contributed by atoms with van der Waals surface area (Å²) in [5.41, 5.74) is 2.20. The number of hydrogen-bond acceptors (Lipinski definition) is 2. The van der Waals surface area contributed by atoms with Crippen molar-refractivity contribution < 1.29 is 4.79 Å². The molecule has 0 aliphatic rings. The summed E-state index contributed by atoms with van der Waals surface area (Å²) in [6.07, 6.45) is 0.868. The van der Waals surface area contributed by atoms with Crippen molar-refractivity contribution in [3.63, 3.8) is 0 Å². The third-order valence-corrected chi connectivity index (χ3v) is 5.17.